The molecule has 2 aromatic carbocycles. The van der Waals surface area contributed by atoms with Crippen molar-refractivity contribution < 1.29 is 14.4 Å². The summed E-state index contributed by atoms with van der Waals surface area (Å²) in [7, 11) is 3.55. The Morgan fingerprint density at radius 3 is 2.07 bits per heavy atom. The lowest BCUT2D eigenvalue weighted by Crippen LogP contribution is -2.32. The number of amides is 3. The van der Waals surface area contributed by atoms with E-state index in [0.717, 1.165) is 60.8 Å². The predicted molar refractivity (Wildman–Crippen MR) is 178 cm³/mol. The Morgan fingerprint density at radius 2 is 1.33 bits per heavy atom. The van der Waals surface area contributed by atoms with E-state index in [1.807, 2.05) is 66.7 Å². The summed E-state index contributed by atoms with van der Waals surface area (Å²) >= 11 is 0. The van der Waals surface area contributed by atoms with Crippen LogP contribution in [0.2, 0.25) is 0 Å². The molecule has 45 heavy (non-hydrogen) atoms. The van der Waals surface area contributed by atoms with Crippen LogP contribution in [-0.2, 0) is 14.1 Å². The molecule has 228 valence electrons. The molecule has 6 rings (SSSR count). The van der Waals surface area contributed by atoms with Crippen LogP contribution in [0, 0.1) is 0 Å². The molecule has 2 N–H and O–H groups in total. The first-order chi connectivity index (χ1) is 21.8. The average molecular weight is 601 g/mol. The van der Waals surface area contributed by atoms with Crippen molar-refractivity contribution in [1.82, 2.24) is 19.0 Å². The number of benzene rings is 2. The van der Waals surface area contributed by atoms with Gasteiger partial charge in [0.2, 0.25) is 0 Å². The summed E-state index contributed by atoms with van der Waals surface area (Å²) in [4.78, 5) is 45.6. The minimum Gasteiger partial charge on any atom is -0.344 e. The number of aryl methyl sites for hydroxylation is 2. The largest absolute Gasteiger partial charge is 0.344 e. The van der Waals surface area contributed by atoms with Crippen LogP contribution in [0.25, 0.3) is 23.1 Å². The van der Waals surface area contributed by atoms with Crippen LogP contribution >= 0.6 is 0 Å². The van der Waals surface area contributed by atoms with Crippen LogP contribution in [0.3, 0.4) is 0 Å². The second-order valence-electron chi connectivity index (χ2n) is 11.5. The molecule has 1 aliphatic rings. The van der Waals surface area contributed by atoms with Crippen LogP contribution in [0.4, 0.5) is 11.4 Å². The Balaban J connectivity index is 1.07. The molecule has 4 heterocycles. The highest BCUT2D eigenvalue weighted by atomic mass is 16.2. The zero-order chi connectivity index (χ0) is 31.3. The van der Waals surface area contributed by atoms with Crippen molar-refractivity contribution in [2.24, 2.45) is 14.1 Å². The van der Waals surface area contributed by atoms with Crippen molar-refractivity contribution in [1.29, 1.82) is 0 Å². The van der Waals surface area contributed by atoms with Crippen LogP contribution < -0.4 is 10.6 Å². The van der Waals surface area contributed by atoms with Gasteiger partial charge in [-0.1, -0.05) is 55.3 Å². The summed E-state index contributed by atoms with van der Waals surface area (Å²) in [5.74, 6) is -0.633. The molecule has 0 aliphatic carbocycles. The van der Waals surface area contributed by atoms with Gasteiger partial charge in [-0.3, -0.25) is 19.4 Å². The summed E-state index contributed by atoms with van der Waals surface area (Å²) in [6.07, 6.45) is 13.6. The molecule has 0 spiro atoms. The average Bonchev–Trinajstić information content (AvgIpc) is 3.47. The highest BCUT2D eigenvalue weighted by Crippen LogP contribution is 2.21. The fraction of sp³-hybridized carbons (Fsp3) is 0.222. The lowest BCUT2D eigenvalue weighted by molar-refractivity contribution is 0.0751. The van der Waals surface area contributed by atoms with E-state index in [1.54, 1.807) is 52.8 Å². The standard InChI is InChI=1S/C36H36N6O3/c1-40-23-29(20-32(40)35(44)39-30-21-33(41(2)24-30)36(45)42-17-7-3-4-8-18-42)38-34(43)27-15-13-25(14-16-27)11-12-26-19-28-9-5-6-10-31(28)37-22-26/h5-6,9-16,19-24H,3-4,7-8,17-18H2,1-2H3,(H,38,43)(H,39,44)/b12-11+. The summed E-state index contributed by atoms with van der Waals surface area (Å²) < 4.78 is 3.41. The maximum atomic E-state index is 13.1. The van der Waals surface area contributed by atoms with Gasteiger partial charge in [-0.05, 0) is 60.4 Å². The highest BCUT2D eigenvalue weighted by Gasteiger charge is 2.22. The molecule has 0 saturated carbocycles. The van der Waals surface area contributed by atoms with Gasteiger partial charge in [0.05, 0.1) is 16.9 Å². The molecule has 3 amide bonds. The van der Waals surface area contributed by atoms with E-state index in [2.05, 4.69) is 21.7 Å². The van der Waals surface area contributed by atoms with E-state index in [9.17, 15) is 14.4 Å². The highest BCUT2D eigenvalue weighted by molar-refractivity contribution is 6.07. The van der Waals surface area contributed by atoms with Gasteiger partial charge < -0.3 is 24.7 Å². The summed E-state index contributed by atoms with van der Waals surface area (Å²) in [5, 5.41) is 6.86. The van der Waals surface area contributed by atoms with Crippen molar-refractivity contribution in [3.8, 4) is 0 Å². The number of nitrogens with zero attached hydrogens (tertiary/aromatic N) is 4. The summed E-state index contributed by atoms with van der Waals surface area (Å²) in [6.45, 7) is 1.52. The number of pyridine rings is 1. The minimum atomic E-state index is -0.338. The molecule has 0 atom stereocenters. The monoisotopic (exact) mass is 600 g/mol. The summed E-state index contributed by atoms with van der Waals surface area (Å²) in [5.41, 5.74) is 5.36. The number of likely N-dealkylation sites (tertiary alicyclic amines) is 1. The first kappa shape index (κ1) is 29.6. The summed E-state index contributed by atoms with van der Waals surface area (Å²) in [6, 6.07) is 20.7. The molecule has 9 heteroatoms. The lowest BCUT2D eigenvalue weighted by atomic mass is 10.1. The van der Waals surface area contributed by atoms with Gasteiger partial charge in [0.15, 0.2) is 0 Å². The number of hydrogen-bond acceptors (Lipinski definition) is 4. The third-order valence-corrected chi connectivity index (χ3v) is 8.12. The zero-order valence-corrected chi connectivity index (χ0v) is 25.5. The Labute approximate surface area is 262 Å². The van der Waals surface area contributed by atoms with E-state index < -0.39 is 0 Å². The number of para-hydroxylation sites is 1. The zero-order valence-electron chi connectivity index (χ0n) is 25.5. The van der Waals surface area contributed by atoms with Gasteiger partial charge in [0, 0.05) is 56.7 Å². The number of aromatic nitrogens is 3. The molecule has 1 aliphatic heterocycles. The van der Waals surface area contributed by atoms with Crippen molar-refractivity contribution >= 4 is 52.2 Å². The van der Waals surface area contributed by atoms with Crippen LogP contribution in [0.1, 0.15) is 68.1 Å². The molecule has 3 aromatic heterocycles. The topological polar surface area (TPSA) is 101 Å². The van der Waals surface area contributed by atoms with Crippen LogP contribution in [0.15, 0.2) is 85.3 Å². The second kappa shape index (κ2) is 13.1. The first-order valence-corrected chi connectivity index (χ1v) is 15.2. The quantitative estimate of drug-likeness (QED) is 0.220. The Hall–Kier alpha value is -5.44. The van der Waals surface area contributed by atoms with Crippen molar-refractivity contribution in [3.63, 3.8) is 0 Å². The Kier molecular flexibility index (Phi) is 8.59. The van der Waals surface area contributed by atoms with Gasteiger partial charge in [-0.2, -0.15) is 0 Å². The van der Waals surface area contributed by atoms with Gasteiger partial charge in [0.25, 0.3) is 17.7 Å². The molecule has 1 saturated heterocycles. The number of fused-ring (bicyclic) bond motifs is 1. The number of nitrogens with one attached hydrogen (secondary N) is 2. The van der Waals surface area contributed by atoms with Crippen LogP contribution in [0.5, 0.6) is 0 Å². The predicted octanol–water partition coefficient (Wildman–Crippen LogP) is 6.60. The van der Waals surface area contributed by atoms with Gasteiger partial charge in [-0.25, -0.2) is 0 Å². The molecular formula is C36H36N6O3. The van der Waals surface area contributed by atoms with Gasteiger partial charge in [0.1, 0.15) is 11.4 Å². The van der Waals surface area contributed by atoms with E-state index in [1.165, 1.54) is 0 Å². The molecule has 1 fully saturated rings. The lowest BCUT2D eigenvalue weighted by Gasteiger charge is -2.20. The molecule has 0 radical (unpaired) electrons. The number of anilines is 2. The Bertz CT molecular complexity index is 1890. The van der Waals surface area contributed by atoms with E-state index in [-0.39, 0.29) is 17.7 Å². The Morgan fingerprint density at radius 1 is 0.711 bits per heavy atom. The molecule has 5 aromatic rings. The maximum absolute atomic E-state index is 13.1. The molecule has 0 unspecified atom stereocenters. The fourth-order valence-corrected chi connectivity index (χ4v) is 5.66. The molecular weight excluding hydrogens is 564 g/mol. The van der Waals surface area contributed by atoms with E-state index in [4.69, 9.17) is 0 Å². The third-order valence-electron chi connectivity index (χ3n) is 8.12. The van der Waals surface area contributed by atoms with Crippen molar-refractivity contribution in [3.05, 3.63) is 113 Å². The number of hydrogen-bond donors (Lipinski definition) is 2. The van der Waals surface area contributed by atoms with Crippen molar-refractivity contribution in [2.75, 3.05) is 23.7 Å². The van der Waals surface area contributed by atoms with E-state index in [0.29, 0.717) is 28.3 Å². The second-order valence-corrected chi connectivity index (χ2v) is 11.5. The maximum Gasteiger partial charge on any atom is 0.272 e. The third kappa shape index (κ3) is 6.88. The number of rotatable bonds is 7. The smallest absolute Gasteiger partial charge is 0.272 e. The van der Waals surface area contributed by atoms with Crippen LogP contribution in [-0.4, -0.2) is 49.8 Å². The SMILES string of the molecule is Cn1cc(NC(=O)c2ccc(/C=C/c3cnc4ccccc4c3)cc2)cc1C(=O)Nc1cc(C(=O)N2CCCCCC2)n(C)c1. The fourth-order valence-electron chi connectivity index (χ4n) is 5.66. The van der Waals surface area contributed by atoms with Gasteiger partial charge in [-0.15, -0.1) is 0 Å². The number of carbonyl (C=O) groups is 3. The minimum absolute atomic E-state index is 0.0185. The van der Waals surface area contributed by atoms with Crippen molar-refractivity contribution in [2.45, 2.75) is 25.7 Å². The molecule has 0 bridgehead atoms. The number of carbonyl (C=O) groups excluding carboxylic acids is 3. The normalized spacial score (nSPS) is 13.6. The molecule has 9 nitrogen and oxygen atoms in total. The van der Waals surface area contributed by atoms with Gasteiger partial charge >= 0.3 is 0 Å². The first-order valence-electron chi connectivity index (χ1n) is 15.2. The van der Waals surface area contributed by atoms with E-state index >= 15 is 0 Å².